The lowest BCUT2D eigenvalue weighted by Gasteiger charge is -2.10. The number of pyridine rings is 1. The molecule has 1 aromatic heterocycles. The molecular weight excluding hydrogens is 322 g/mol. The molecule has 0 saturated carbocycles. The third-order valence-electron chi connectivity index (χ3n) is 2.56. The van der Waals surface area contributed by atoms with Crippen LogP contribution >= 0.6 is 15.9 Å². The second-order valence-electron chi connectivity index (χ2n) is 4.04. The van der Waals surface area contributed by atoms with E-state index in [9.17, 15) is 4.79 Å². The van der Waals surface area contributed by atoms with Crippen LogP contribution in [0.3, 0.4) is 0 Å². The highest BCUT2D eigenvalue weighted by atomic mass is 79.9. The molecule has 0 aliphatic carbocycles. The predicted octanol–water partition coefficient (Wildman–Crippen LogP) is 4.04. The van der Waals surface area contributed by atoms with Gasteiger partial charge >= 0.3 is 5.97 Å². The van der Waals surface area contributed by atoms with Gasteiger partial charge < -0.3 is 9.84 Å². The molecule has 0 bridgehead atoms. The molecule has 2 aromatic rings. The number of carbonyl (C=O) groups is 1. The lowest BCUT2D eigenvalue weighted by atomic mass is 10.2. The topological polar surface area (TPSA) is 59.4 Å². The summed E-state index contributed by atoms with van der Waals surface area (Å²) in [6, 6.07) is 8.99. The number of nitrogens with zero attached hydrogens (tertiary/aromatic N) is 1. The molecule has 0 aliphatic rings. The molecule has 1 heterocycles. The third kappa shape index (κ3) is 3.68. The summed E-state index contributed by atoms with van der Waals surface area (Å²) in [5, 5.41) is 8.71. The SMILES string of the molecule is Cc1ncccc1Oc1cc(Br)ccc1/C=C/C(=O)O. The first-order valence-electron chi connectivity index (χ1n) is 5.86. The Morgan fingerprint density at radius 3 is 2.85 bits per heavy atom. The van der Waals surface area contributed by atoms with Gasteiger partial charge in [0, 0.05) is 22.3 Å². The molecule has 4 nitrogen and oxygen atoms in total. The molecule has 0 aliphatic heterocycles. The van der Waals surface area contributed by atoms with E-state index in [1.54, 1.807) is 24.4 Å². The standard InChI is InChI=1S/C15H12BrNO3/c1-10-13(3-2-8-17-10)20-14-9-12(16)6-4-11(14)5-7-15(18)19/h2-9H,1H3,(H,18,19)/b7-5+. The van der Waals surface area contributed by atoms with Gasteiger partial charge in [0.15, 0.2) is 0 Å². The molecule has 0 saturated heterocycles. The lowest BCUT2D eigenvalue weighted by Crippen LogP contribution is -1.92. The normalized spacial score (nSPS) is 10.7. The molecule has 0 radical (unpaired) electrons. The summed E-state index contributed by atoms with van der Waals surface area (Å²) in [7, 11) is 0. The number of aliphatic carboxylic acids is 1. The predicted molar refractivity (Wildman–Crippen MR) is 79.9 cm³/mol. The van der Waals surface area contributed by atoms with E-state index in [1.807, 2.05) is 19.1 Å². The molecule has 0 spiro atoms. The van der Waals surface area contributed by atoms with Crippen LogP contribution in [0, 0.1) is 6.92 Å². The van der Waals surface area contributed by atoms with Gasteiger partial charge in [0.25, 0.3) is 0 Å². The Bertz CT molecular complexity index is 668. The van der Waals surface area contributed by atoms with Gasteiger partial charge in [0.05, 0.1) is 5.69 Å². The summed E-state index contributed by atoms with van der Waals surface area (Å²) < 4.78 is 6.67. The minimum Gasteiger partial charge on any atom is -0.478 e. The summed E-state index contributed by atoms with van der Waals surface area (Å²) in [5.74, 6) is 0.194. The van der Waals surface area contributed by atoms with Crippen molar-refractivity contribution in [2.75, 3.05) is 0 Å². The summed E-state index contributed by atoms with van der Waals surface area (Å²) in [6.07, 6.45) is 4.26. The number of ether oxygens (including phenoxy) is 1. The van der Waals surface area contributed by atoms with Gasteiger partial charge in [-0.05, 0) is 37.3 Å². The van der Waals surface area contributed by atoms with Crippen LogP contribution in [0.25, 0.3) is 6.08 Å². The molecule has 1 N–H and O–H groups in total. The zero-order chi connectivity index (χ0) is 14.5. The summed E-state index contributed by atoms with van der Waals surface area (Å²) in [4.78, 5) is 14.8. The molecule has 1 aromatic carbocycles. The molecule has 102 valence electrons. The monoisotopic (exact) mass is 333 g/mol. The van der Waals surface area contributed by atoms with Gasteiger partial charge in [-0.25, -0.2) is 4.79 Å². The average Bonchev–Trinajstić information content (AvgIpc) is 2.40. The quantitative estimate of drug-likeness (QED) is 0.857. The fraction of sp³-hybridized carbons (Fsp3) is 0.0667. The van der Waals surface area contributed by atoms with Crippen molar-refractivity contribution in [2.45, 2.75) is 6.92 Å². The second-order valence-corrected chi connectivity index (χ2v) is 4.96. The van der Waals surface area contributed by atoms with Gasteiger partial charge in [-0.1, -0.05) is 22.0 Å². The van der Waals surface area contributed by atoms with Gasteiger partial charge in [-0.15, -0.1) is 0 Å². The largest absolute Gasteiger partial charge is 0.478 e. The van der Waals surface area contributed by atoms with E-state index < -0.39 is 5.97 Å². The number of carboxylic acids is 1. The van der Waals surface area contributed by atoms with E-state index in [2.05, 4.69) is 20.9 Å². The van der Waals surface area contributed by atoms with Gasteiger partial charge in [0.2, 0.25) is 0 Å². The molecular formula is C15H12BrNO3. The van der Waals surface area contributed by atoms with E-state index >= 15 is 0 Å². The number of aryl methyl sites for hydroxylation is 1. The van der Waals surface area contributed by atoms with Gasteiger partial charge in [0.1, 0.15) is 11.5 Å². The number of carboxylic acid groups (broad SMARTS) is 1. The summed E-state index contributed by atoms with van der Waals surface area (Å²) in [6.45, 7) is 1.85. The summed E-state index contributed by atoms with van der Waals surface area (Å²) in [5.41, 5.74) is 1.44. The van der Waals surface area contributed by atoms with Crippen LogP contribution < -0.4 is 4.74 Å². The van der Waals surface area contributed by atoms with Crippen LogP contribution in [0.5, 0.6) is 11.5 Å². The van der Waals surface area contributed by atoms with Crippen molar-refractivity contribution in [3.05, 3.63) is 58.3 Å². The lowest BCUT2D eigenvalue weighted by molar-refractivity contribution is -0.131. The van der Waals surface area contributed by atoms with Crippen molar-refractivity contribution in [2.24, 2.45) is 0 Å². The van der Waals surface area contributed by atoms with Crippen LogP contribution in [0.2, 0.25) is 0 Å². The highest BCUT2D eigenvalue weighted by Crippen LogP contribution is 2.30. The Balaban J connectivity index is 2.37. The first-order chi connectivity index (χ1) is 9.56. The maximum absolute atomic E-state index is 10.6. The Hall–Kier alpha value is -2.14. The van der Waals surface area contributed by atoms with E-state index in [0.717, 1.165) is 16.2 Å². The Labute approximate surface area is 124 Å². The summed E-state index contributed by atoms with van der Waals surface area (Å²) >= 11 is 3.37. The van der Waals surface area contributed by atoms with Crippen molar-refractivity contribution in [1.82, 2.24) is 4.98 Å². The van der Waals surface area contributed by atoms with Crippen molar-refractivity contribution in [3.63, 3.8) is 0 Å². The fourth-order valence-corrected chi connectivity index (χ4v) is 1.93. The maximum atomic E-state index is 10.6. The maximum Gasteiger partial charge on any atom is 0.328 e. The van der Waals surface area contributed by atoms with E-state index in [1.165, 1.54) is 6.08 Å². The molecule has 20 heavy (non-hydrogen) atoms. The van der Waals surface area contributed by atoms with Gasteiger partial charge in [-0.2, -0.15) is 0 Å². The second kappa shape index (κ2) is 6.34. The minimum atomic E-state index is -1.00. The zero-order valence-corrected chi connectivity index (χ0v) is 12.3. The minimum absolute atomic E-state index is 0.563. The Morgan fingerprint density at radius 1 is 1.35 bits per heavy atom. The first kappa shape index (κ1) is 14.3. The van der Waals surface area contributed by atoms with Crippen LogP contribution in [0.15, 0.2) is 47.1 Å². The zero-order valence-electron chi connectivity index (χ0n) is 10.7. The van der Waals surface area contributed by atoms with Gasteiger partial charge in [-0.3, -0.25) is 4.98 Å². The van der Waals surface area contributed by atoms with Crippen LogP contribution in [0.4, 0.5) is 0 Å². The smallest absolute Gasteiger partial charge is 0.328 e. The van der Waals surface area contributed by atoms with Crippen molar-refractivity contribution >= 4 is 28.0 Å². The molecule has 0 atom stereocenters. The third-order valence-corrected chi connectivity index (χ3v) is 3.05. The molecule has 0 unspecified atom stereocenters. The van der Waals surface area contributed by atoms with Crippen molar-refractivity contribution in [1.29, 1.82) is 0 Å². The first-order valence-corrected chi connectivity index (χ1v) is 6.65. The number of rotatable bonds is 4. The molecule has 0 amide bonds. The Kier molecular flexibility index (Phi) is 4.53. The van der Waals surface area contributed by atoms with Crippen molar-refractivity contribution in [3.8, 4) is 11.5 Å². The fourth-order valence-electron chi connectivity index (χ4n) is 1.59. The highest BCUT2D eigenvalue weighted by molar-refractivity contribution is 9.10. The van der Waals surface area contributed by atoms with E-state index in [-0.39, 0.29) is 0 Å². The molecule has 0 fully saturated rings. The van der Waals surface area contributed by atoms with Crippen molar-refractivity contribution < 1.29 is 14.6 Å². The van der Waals surface area contributed by atoms with Crippen LogP contribution in [-0.4, -0.2) is 16.1 Å². The van der Waals surface area contributed by atoms with Crippen LogP contribution in [-0.2, 0) is 4.79 Å². The van der Waals surface area contributed by atoms with Crippen LogP contribution in [0.1, 0.15) is 11.3 Å². The average molecular weight is 334 g/mol. The Morgan fingerprint density at radius 2 is 2.15 bits per heavy atom. The number of aromatic nitrogens is 1. The number of benzene rings is 1. The number of halogens is 1. The highest BCUT2D eigenvalue weighted by Gasteiger charge is 2.06. The number of hydrogen-bond acceptors (Lipinski definition) is 3. The number of hydrogen-bond donors (Lipinski definition) is 1. The van der Waals surface area contributed by atoms with E-state index in [4.69, 9.17) is 9.84 Å². The molecule has 5 heteroatoms. The van der Waals surface area contributed by atoms with E-state index in [0.29, 0.717) is 17.1 Å². The molecule has 2 rings (SSSR count).